The maximum atomic E-state index is 9.04. The highest BCUT2D eigenvalue weighted by Gasteiger charge is 2.15. The molecule has 0 aliphatic heterocycles. The van der Waals surface area contributed by atoms with Crippen LogP contribution in [0, 0.1) is 32.1 Å². The van der Waals surface area contributed by atoms with Gasteiger partial charge in [-0.3, -0.25) is 0 Å². The summed E-state index contributed by atoms with van der Waals surface area (Å²) in [5, 5.41) is 14.1. The van der Waals surface area contributed by atoms with E-state index in [1.165, 1.54) is 0 Å². The van der Waals surface area contributed by atoms with Gasteiger partial charge in [-0.2, -0.15) is 10.4 Å². The molecule has 1 aromatic heterocycles. The Kier molecular flexibility index (Phi) is 5.38. The number of ether oxygens (including phenoxy) is 2. The number of aromatic nitrogens is 2. The summed E-state index contributed by atoms with van der Waals surface area (Å²) < 4.78 is 13.2. The monoisotopic (exact) mass is 381 g/mol. The van der Waals surface area contributed by atoms with Gasteiger partial charge in [-0.05, 0) is 56.7 Å². The number of aryl methyl sites for hydroxylation is 2. The van der Waals surface area contributed by atoms with E-state index in [-0.39, 0.29) is 0 Å². The van der Waals surface area contributed by atoms with Crippen LogP contribution in [0.1, 0.15) is 28.1 Å². The number of hydrogen-bond donors (Lipinski definition) is 0. The van der Waals surface area contributed by atoms with Crippen molar-refractivity contribution in [3.63, 3.8) is 0 Å². The molecule has 0 spiro atoms. The van der Waals surface area contributed by atoms with Crippen molar-refractivity contribution >= 4 is 11.6 Å². The summed E-state index contributed by atoms with van der Waals surface area (Å²) >= 11 is 6.16. The molecule has 3 rings (SSSR count). The summed E-state index contributed by atoms with van der Waals surface area (Å²) in [5.41, 5.74) is 5.18. The third-order valence-corrected chi connectivity index (χ3v) is 4.76. The predicted molar refractivity (Wildman–Crippen MR) is 105 cm³/mol. The molecule has 138 valence electrons. The van der Waals surface area contributed by atoms with Gasteiger partial charge in [0.2, 0.25) is 0 Å². The van der Waals surface area contributed by atoms with E-state index in [4.69, 9.17) is 26.3 Å². The Bertz CT molecular complexity index is 1030. The Morgan fingerprint density at radius 3 is 2.56 bits per heavy atom. The van der Waals surface area contributed by atoms with Crippen molar-refractivity contribution in [1.29, 1.82) is 5.26 Å². The summed E-state index contributed by atoms with van der Waals surface area (Å²) in [6.07, 6.45) is 0. The summed E-state index contributed by atoms with van der Waals surface area (Å²) in [6.45, 7) is 6.31. The van der Waals surface area contributed by atoms with E-state index in [1.54, 1.807) is 19.2 Å². The predicted octanol–water partition coefficient (Wildman–Crippen LogP) is 4.91. The van der Waals surface area contributed by atoms with Crippen molar-refractivity contribution in [2.24, 2.45) is 0 Å². The lowest BCUT2D eigenvalue weighted by atomic mass is 10.2. The lowest BCUT2D eigenvalue weighted by Crippen LogP contribution is -2.02. The molecule has 2 aromatic carbocycles. The Hall–Kier alpha value is -2.97. The van der Waals surface area contributed by atoms with Crippen molar-refractivity contribution in [3.05, 3.63) is 69.5 Å². The van der Waals surface area contributed by atoms with Gasteiger partial charge in [0.1, 0.15) is 12.7 Å². The van der Waals surface area contributed by atoms with Gasteiger partial charge >= 0.3 is 0 Å². The average Bonchev–Trinajstić information content (AvgIpc) is 2.94. The van der Waals surface area contributed by atoms with Gasteiger partial charge in [-0.15, -0.1) is 0 Å². The van der Waals surface area contributed by atoms with Gasteiger partial charge in [-0.1, -0.05) is 17.7 Å². The van der Waals surface area contributed by atoms with Crippen LogP contribution < -0.4 is 9.47 Å². The topological polar surface area (TPSA) is 60.1 Å². The molecule has 5 nitrogen and oxygen atoms in total. The van der Waals surface area contributed by atoms with E-state index in [0.717, 1.165) is 28.2 Å². The first-order valence-corrected chi connectivity index (χ1v) is 8.85. The summed E-state index contributed by atoms with van der Waals surface area (Å²) in [5.74, 6) is 1.40. The molecule has 27 heavy (non-hydrogen) atoms. The first-order chi connectivity index (χ1) is 12.9. The number of nitriles is 1. The number of nitrogens with zero attached hydrogens (tertiary/aromatic N) is 3. The number of halogens is 1. The minimum atomic E-state index is 0.376. The molecular weight excluding hydrogens is 362 g/mol. The molecule has 0 saturated heterocycles. The minimum Gasteiger partial charge on any atom is -0.493 e. The second-order valence-corrected chi connectivity index (χ2v) is 6.69. The lowest BCUT2D eigenvalue weighted by Gasteiger charge is -2.12. The number of methoxy groups -OCH3 is 1. The number of benzene rings is 2. The maximum Gasteiger partial charge on any atom is 0.161 e. The van der Waals surface area contributed by atoms with Crippen LogP contribution in [0.2, 0.25) is 5.02 Å². The molecule has 0 radical (unpaired) electrons. The van der Waals surface area contributed by atoms with Crippen LogP contribution in [-0.2, 0) is 6.61 Å². The summed E-state index contributed by atoms with van der Waals surface area (Å²) in [7, 11) is 1.63. The smallest absolute Gasteiger partial charge is 0.161 e. The SMILES string of the molecule is COc1cc(C)ccc1OCc1c(C)nn(-c2ccc(C#N)c(Cl)c2)c1C. The highest BCUT2D eigenvalue weighted by atomic mass is 35.5. The van der Waals surface area contributed by atoms with Crippen LogP contribution in [-0.4, -0.2) is 16.9 Å². The second-order valence-electron chi connectivity index (χ2n) is 6.28. The third kappa shape index (κ3) is 3.76. The van der Waals surface area contributed by atoms with Crippen molar-refractivity contribution in [3.8, 4) is 23.3 Å². The van der Waals surface area contributed by atoms with Crippen LogP contribution in [0.15, 0.2) is 36.4 Å². The van der Waals surface area contributed by atoms with Crippen molar-refractivity contribution in [1.82, 2.24) is 9.78 Å². The van der Waals surface area contributed by atoms with Gasteiger partial charge < -0.3 is 9.47 Å². The zero-order valence-corrected chi connectivity index (χ0v) is 16.5. The maximum absolute atomic E-state index is 9.04. The Morgan fingerprint density at radius 1 is 1.11 bits per heavy atom. The summed E-state index contributed by atoms with van der Waals surface area (Å²) in [6, 6.07) is 13.2. The van der Waals surface area contributed by atoms with E-state index in [9.17, 15) is 0 Å². The fourth-order valence-corrected chi connectivity index (χ4v) is 3.12. The zero-order chi connectivity index (χ0) is 19.6. The van der Waals surface area contributed by atoms with Gasteiger partial charge in [-0.25, -0.2) is 4.68 Å². The van der Waals surface area contributed by atoms with Crippen LogP contribution in [0.3, 0.4) is 0 Å². The lowest BCUT2D eigenvalue weighted by molar-refractivity contribution is 0.283. The average molecular weight is 382 g/mol. The van der Waals surface area contributed by atoms with Gasteiger partial charge in [0.25, 0.3) is 0 Å². The van der Waals surface area contributed by atoms with E-state index in [1.807, 2.05) is 49.7 Å². The molecule has 0 aliphatic carbocycles. The molecule has 0 atom stereocenters. The van der Waals surface area contributed by atoms with Crippen molar-refractivity contribution < 1.29 is 9.47 Å². The van der Waals surface area contributed by atoms with Crippen molar-refractivity contribution in [2.45, 2.75) is 27.4 Å². The Balaban J connectivity index is 1.89. The first kappa shape index (κ1) is 18.8. The number of rotatable bonds is 5. The first-order valence-electron chi connectivity index (χ1n) is 8.47. The minimum absolute atomic E-state index is 0.376. The Labute approximate surface area is 163 Å². The molecule has 0 N–H and O–H groups in total. The van der Waals surface area contributed by atoms with E-state index < -0.39 is 0 Å². The fourth-order valence-electron chi connectivity index (χ4n) is 2.91. The highest BCUT2D eigenvalue weighted by molar-refractivity contribution is 6.31. The van der Waals surface area contributed by atoms with Gasteiger partial charge in [0.05, 0.1) is 29.1 Å². The summed E-state index contributed by atoms with van der Waals surface area (Å²) in [4.78, 5) is 0. The zero-order valence-electron chi connectivity index (χ0n) is 15.7. The molecule has 0 aliphatic rings. The van der Waals surface area contributed by atoms with Gasteiger partial charge in [0.15, 0.2) is 11.5 Å². The van der Waals surface area contributed by atoms with Crippen LogP contribution in [0.4, 0.5) is 0 Å². The fraction of sp³-hybridized carbons (Fsp3) is 0.238. The largest absolute Gasteiger partial charge is 0.493 e. The van der Waals surface area contributed by atoms with Crippen molar-refractivity contribution in [2.75, 3.05) is 7.11 Å². The quantitative estimate of drug-likeness (QED) is 0.630. The molecule has 6 heteroatoms. The normalized spacial score (nSPS) is 10.5. The Morgan fingerprint density at radius 2 is 1.89 bits per heavy atom. The standard InChI is InChI=1S/C21H20ClN3O2/c1-13-5-8-20(21(9-13)26-4)27-12-18-14(2)24-25(15(18)3)17-7-6-16(11-23)19(22)10-17/h5-10H,12H2,1-4H3. The van der Waals surface area contributed by atoms with E-state index in [2.05, 4.69) is 11.2 Å². The number of hydrogen-bond acceptors (Lipinski definition) is 4. The molecule has 0 bridgehead atoms. The molecule has 0 unspecified atom stereocenters. The molecule has 0 amide bonds. The van der Waals surface area contributed by atoms with Crippen LogP contribution >= 0.6 is 11.6 Å². The third-order valence-electron chi connectivity index (χ3n) is 4.45. The van der Waals surface area contributed by atoms with E-state index >= 15 is 0 Å². The molecule has 3 aromatic rings. The molecular formula is C21H20ClN3O2. The van der Waals surface area contributed by atoms with Crippen LogP contribution in [0.25, 0.3) is 5.69 Å². The highest BCUT2D eigenvalue weighted by Crippen LogP contribution is 2.30. The van der Waals surface area contributed by atoms with Crippen LogP contribution in [0.5, 0.6) is 11.5 Å². The second kappa shape index (κ2) is 7.73. The molecule has 1 heterocycles. The molecule has 0 fully saturated rings. The molecule has 0 saturated carbocycles. The van der Waals surface area contributed by atoms with E-state index in [0.29, 0.717) is 28.7 Å². The van der Waals surface area contributed by atoms with Gasteiger partial charge in [0, 0.05) is 11.3 Å².